The minimum atomic E-state index is -0.917. The first-order valence-electron chi connectivity index (χ1n) is 23.5. The van der Waals surface area contributed by atoms with E-state index in [2.05, 4.69) is 10.6 Å². The van der Waals surface area contributed by atoms with Crippen LogP contribution in [0.4, 0.5) is 0 Å². The lowest BCUT2D eigenvalue weighted by molar-refractivity contribution is -0.148. The van der Waals surface area contributed by atoms with E-state index < -0.39 is 54.3 Å². The van der Waals surface area contributed by atoms with Crippen molar-refractivity contribution in [3.8, 4) is 0 Å². The van der Waals surface area contributed by atoms with E-state index in [-0.39, 0.29) is 66.2 Å². The van der Waals surface area contributed by atoms with Crippen molar-refractivity contribution < 1.29 is 43.3 Å². The second-order valence-electron chi connectivity index (χ2n) is 18.7. The Labute approximate surface area is 383 Å². The highest BCUT2D eigenvalue weighted by Crippen LogP contribution is 2.30. The highest BCUT2D eigenvalue weighted by Gasteiger charge is 2.43. The Kier molecular flexibility index (Phi) is 21.9. The standard InChI is InChI=1S/C49H80N6O9/c1-13-33(6)44(38(63-11)30-41(58)55-29-20-24-37(55)46(64-12)34(7)47(60)50-35(8)45(59)36-22-16-14-17-23-36)53(10)49(62)42(31(2)3)51-48(61)43(32(4)5)52(9)39(56)25-18-15-19-27-54-28-21-26-40(54)57/h14,16-17,21-23,26,31-35,37-38,42-46,59H,13,15,18-20,24-25,27-30H2,1-12H3,(H,50,60)(H,51,61). The molecule has 0 spiro atoms. The van der Waals surface area contributed by atoms with E-state index in [4.69, 9.17) is 9.47 Å². The number of methoxy groups -OCH3 is 2. The van der Waals surface area contributed by atoms with Gasteiger partial charge in [-0.1, -0.05) is 97.7 Å². The first kappa shape index (κ1) is 54.0. The molecule has 1 fully saturated rings. The van der Waals surface area contributed by atoms with Gasteiger partial charge < -0.3 is 44.8 Å². The van der Waals surface area contributed by atoms with Crippen LogP contribution in [0.15, 0.2) is 42.5 Å². The Balaban J connectivity index is 1.70. The Morgan fingerprint density at radius 1 is 0.875 bits per heavy atom. The number of nitrogens with zero attached hydrogens (tertiary/aromatic N) is 4. The van der Waals surface area contributed by atoms with E-state index in [0.717, 1.165) is 19.3 Å². The van der Waals surface area contributed by atoms with Gasteiger partial charge in [0.25, 0.3) is 0 Å². The van der Waals surface area contributed by atoms with Crippen LogP contribution in [0, 0.1) is 23.7 Å². The summed E-state index contributed by atoms with van der Waals surface area (Å²) < 4.78 is 12.0. The summed E-state index contributed by atoms with van der Waals surface area (Å²) in [5.74, 6) is -2.61. The maximum Gasteiger partial charge on any atom is 0.246 e. The average molecular weight is 897 g/mol. The van der Waals surface area contributed by atoms with E-state index in [1.54, 1.807) is 55.8 Å². The molecule has 3 N–H and O–H groups in total. The summed E-state index contributed by atoms with van der Waals surface area (Å²) in [6, 6.07) is 5.95. The highest BCUT2D eigenvalue weighted by atomic mass is 16.5. The van der Waals surface area contributed by atoms with E-state index in [0.29, 0.717) is 44.5 Å². The summed E-state index contributed by atoms with van der Waals surface area (Å²) in [5.41, 5.74) is 0.695. The number of ether oxygens (including phenoxy) is 2. The third kappa shape index (κ3) is 14.3. The molecule has 3 rings (SSSR count). The van der Waals surface area contributed by atoms with Gasteiger partial charge in [-0.3, -0.25) is 28.8 Å². The van der Waals surface area contributed by atoms with Crippen molar-refractivity contribution >= 4 is 35.4 Å². The maximum absolute atomic E-state index is 14.6. The number of nitrogens with one attached hydrogen (secondary N) is 2. The highest BCUT2D eigenvalue weighted by molar-refractivity contribution is 5.92. The number of carbonyl (C=O) groups excluding carboxylic acids is 6. The van der Waals surface area contributed by atoms with Crippen LogP contribution in [0.1, 0.15) is 118 Å². The lowest BCUT2D eigenvalue weighted by Crippen LogP contribution is -2.60. The summed E-state index contributed by atoms with van der Waals surface area (Å²) >= 11 is 0. The van der Waals surface area contributed by atoms with Crippen LogP contribution in [0.25, 0.3) is 0 Å². The molecule has 1 saturated heterocycles. The molecule has 15 nitrogen and oxygen atoms in total. The Bertz CT molecular complexity index is 1710. The van der Waals surface area contributed by atoms with Crippen LogP contribution in [-0.4, -0.2) is 151 Å². The largest absolute Gasteiger partial charge is 0.386 e. The molecule has 2 heterocycles. The van der Waals surface area contributed by atoms with Gasteiger partial charge in [0.15, 0.2) is 0 Å². The summed E-state index contributed by atoms with van der Waals surface area (Å²) in [7, 11) is 6.40. The maximum atomic E-state index is 14.6. The van der Waals surface area contributed by atoms with Crippen LogP contribution >= 0.6 is 0 Å². The molecule has 0 saturated carbocycles. The molecule has 10 atom stereocenters. The van der Waals surface area contributed by atoms with E-state index >= 15 is 0 Å². The summed E-state index contributed by atoms with van der Waals surface area (Å²) in [6.07, 6.45) is 5.71. The topological polar surface area (TPSA) is 178 Å². The fourth-order valence-electron chi connectivity index (χ4n) is 9.34. The van der Waals surface area contributed by atoms with E-state index in [1.165, 1.54) is 12.0 Å². The normalized spacial score (nSPS) is 19.4. The number of carbonyl (C=O) groups is 6. The molecule has 1 aromatic rings. The molecule has 10 unspecified atom stereocenters. The van der Waals surface area contributed by atoms with Crippen molar-refractivity contribution in [1.82, 2.24) is 30.2 Å². The first-order chi connectivity index (χ1) is 30.3. The molecule has 6 amide bonds. The SMILES string of the molecule is CCC(C)C(C(CC(=O)N1CCCC1C(OC)C(C)C(=O)NC(C)C(O)c1ccccc1)OC)N(C)C(=O)C(NC(=O)C(C(C)C)N(C)C(=O)CCCCCN1CC=CC1=O)C(C)C. The van der Waals surface area contributed by atoms with Crippen molar-refractivity contribution in [2.24, 2.45) is 23.7 Å². The Hall–Kier alpha value is -4.34. The van der Waals surface area contributed by atoms with Gasteiger partial charge in [-0.05, 0) is 55.9 Å². The number of amides is 6. The van der Waals surface area contributed by atoms with Gasteiger partial charge in [0.05, 0.1) is 48.8 Å². The van der Waals surface area contributed by atoms with Gasteiger partial charge in [0, 0.05) is 60.4 Å². The number of unbranched alkanes of at least 4 members (excludes halogenated alkanes) is 2. The number of benzene rings is 1. The lowest BCUT2D eigenvalue weighted by atomic mass is 9.89. The predicted octanol–water partition coefficient (Wildman–Crippen LogP) is 4.73. The number of hydrogen-bond donors (Lipinski definition) is 3. The number of rotatable bonds is 26. The van der Waals surface area contributed by atoms with Crippen LogP contribution in [0.3, 0.4) is 0 Å². The smallest absolute Gasteiger partial charge is 0.246 e. The van der Waals surface area contributed by atoms with Crippen LogP contribution in [0.5, 0.6) is 0 Å². The van der Waals surface area contributed by atoms with Crippen LogP contribution < -0.4 is 10.6 Å². The van der Waals surface area contributed by atoms with E-state index in [1.807, 2.05) is 78.0 Å². The molecular weight excluding hydrogens is 817 g/mol. The molecule has 0 bridgehead atoms. The second-order valence-corrected chi connectivity index (χ2v) is 18.7. The average Bonchev–Trinajstić information content (AvgIpc) is 3.93. The quantitative estimate of drug-likeness (QED) is 0.111. The zero-order valence-corrected chi connectivity index (χ0v) is 40.7. The minimum Gasteiger partial charge on any atom is -0.386 e. The monoisotopic (exact) mass is 897 g/mol. The zero-order valence-electron chi connectivity index (χ0n) is 40.7. The molecule has 2 aliphatic rings. The number of likely N-dealkylation sites (N-methyl/N-ethyl adjacent to an activating group) is 2. The molecular formula is C49H80N6O9. The fourth-order valence-corrected chi connectivity index (χ4v) is 9.34. The third-order valence-corrected chi connectivity index (χ3v) is 13.4. The Morgan fingerprint density at radius 3 is 2.11 bits per heavy atom. The zero-order chi connectivity index (χ0) is 47.8. The number of aliphatic hydroxyl groups is 1. The van der Waals surface area contributed by atoms with Crippen LogP contribution in [0.2, 0.25) is 0 Å². The summed E-state index contributed by atoms with van der Waals surface area (Å²) in [5, 5.41) is 16.8. The molecule has 2 aliphatic heterocycles. The van der Waals surface area contributed by atoms with Crippen molar-refractivity contribution in [3.05, 3.63) is 48.0 Å². The number of likely N-dealkylation sites (tertiary alicyclic amines) is 1. The fraction of sp³-hybridized carbons (Fsp3) is 0.714. The summed E-state index contributed by atoms with van der Waals surface area (Å²) in [4.78, 5) is 88.4. The second kappa shape index (κ2) is 26.0. The van der Waals surface area contributed by atoms with Gasteiger partial charge in [-0.15, -0.1) is 0 Å². The van der Waals surface area contributed by atoms with Crippen molar-refractivity contribution in [2.75, 3.05) is 47.9 Å². The van der Waals surface area contributed by atoms with E-state index in [9.17, 15) is 33.9 Å². The van der Waals surface area contributed by atoms with Crippen LogP contribution in [-0.2, 0) is 38.2 Å². The molecule has 0 radical (unpaired) electrons. The minimum absolute atomic E-state index is 0.0150. The third-order valence-electron chi connectivity index (χ3n) is 13.4. The van der Waals surface area contributed by atoms with Crippen molar-refractivity contribution in [3.63, 3.8) is 0 Å². The number of hydrogen-bond acceptors (Lipinski definition) is 9. The van der Waals surface area contributed by atoms with Gasteiger partial charge in [-0.2, -0.15) is 0 Å². The van der Waals surface area contributed by atoms with Crippen molar-refractivity contribution in [2.45, 2.75) is 155 Å². The summed E-state index contributed by atoms with van der Waals surface area (Å²) in [6.45, 7) is 16.8. The Morgan fingerprint density at radius 2 is 1.55 bits per heavy atom. The van der Waals surface area contributed by atoms with Gasteiger partial charge in [0.2, 0.25) is 35.4 Å². The lowest BCUT2D eigenvalue weighted by Gasteiger charge is -2.41. The van der Waals surface area contributed by atoms with Gasteiger partial charge in [-0.25, -0.2) is 0 Å². The van der Waals surface area contributed by atoms with Gasteiger partial charge in [0.1, 0.15) is 12.1 Å². The first-order valence-corrected chi connectivity index (χ1v) is 23.5. The predicted molar refractivity (Wildman–Crippen MR) is 247 cm³/mol. The van der Waals surface area contributed by atoms with Crippen molar-refractivity contribution in [1.29, 1.82) is 0 Å². The number of aliphatic hydroxyl groups excluding tert-OH is 1. The molecule has 0 aromatic heterocycles. The molecule has 360 valence electrons. The van der Waals surface area contributed by atoms with Gasteiger partial charge >= 0.3 is 0 Å². The molecule has 15 heteroatoms. The molecule has 64 heavy (non-hydrogen) atoms. The molecule has 0 aliphatic carbocycles. The molecule has 1 aromatic carbocycles.